The van der Waals surface area contributed by atoms with Crippen LogP contribution in [-0.4, -0.2) is 11.8 Å². The third-order valence-corrected chi connectivity index (χ3v) is 3.23. The van der Waals surface area contributed by atoms with Crippen molar-refractivity contribution in [3.8, 4) is 0 Å². The Labute approximate surface area is 98.8 Å². The van der Waals surface area contributed by atoms with Gasteiger partial charge in [-0.25, -0.2) is 4.39 Å². The lowest BCUT2D eigenvalue weighted by Gasteiger charge is -2.16. The molecule has 1 aromatic rings. The molecule has 1 heterocycles. The lowest BCUT2D eigenvalue weighted by molar-refractivity contribution is -0.119. The summed E-state index contributed by atoms with van der Waals surface area (Å²) in [6.07, 6.45) is 0.477. The van der Waals surface area contributed by atoms with Crippen molar-refractivity contribution in [2.24, 2.45) is 0 Å². The number of hydrogen-bond acceptors (Lipinski definition) is 1. The average Bonchev–Trinajstić information content (AvgIpc) is 2.41. The molecule has 1 N–H and O–H groups in total. The van der Waals surface area contributed by atoms with Crippen LogP contribution < -0.4 is 5.32 Å². The van der Waals surface area contributed by atoms with Gasteiger partial charge in [-0.05, 0) is 43.5 Å². The van der Waals surface area contributed by atoms with Gasteiger partial charge in [0.25, 0.3) is 0 Å². The minimum atomic E-state index is -0.593. The summed E-state index contributed by atoms with van der Waals surface area (Å²) in [6, 6.07) is 3.12. The lowest BCUT2D eigenvalue weighted by Crippen LogP contribution is -2.26. The van der Waals surface area contributed by atoms with Crippen molar-refractivity contribution >= 4 is 23.2 Å². The van der Waals surface area contributed by atoms with Gasteiger partial charge >= 0.3 is 0 Å². The standard InChI is InChI=1S/C12H13ClFNO/c1-12(2)8-5-7(3-4-13)9(14)6-10(8)15-11(12)16/h5-6H,3-4H2,1-2H3,(H,15,16). The Hall–Kier alpha value is -1.09. The quantitative estimate of drug-likeness (QED) is 0.793. The summed E-state index contributed by atoms with van der Waals surface area (Å²) in [5, 5.41) is 2.69. The number of rotatable bonds is 2. The van der Waals surface area contributed by atoms with E-state index in [0.29, 0.717) is 23.6 Å². The van der Waals surface area contributed by atoms with Gasteiger partial charge in [-0.15, -0.1) is 11.6 Å². The zero-order chi connectivity index (χ0) is 11.9. The van der Waals surface area contributed by atoms with Gasteiger partial charge in [0.05, 0.1) is 5.41 Å². The van der Waals surface area contributed by atoms with E-state index in [4.69, 9.17) is 11.6 Å². The maximum absolute atomic E-state index is 13.6. The highest BCUT2D eigenvalue weighted by Gasteiger charge is 2.38. The number of alkyl halides is 1. The number of fused-ring (bicyclic) bond motifs is 1. The molecule has 0 bridgehead atoms. The van der Waals surface area contributed by atoms with E-state index in [9.17, 15) is 9.18 Å². The molecule has 0 saturated carbocycles. The summed E-state index contributed by atoms with van der Waals surface area (Å²) < 4.78 is 13.6. The van der Waals surface area contributed by atoms with Crippen LogP contribution in [0.25, 0.3) is 0 Å². The highest BCUT2D eigenvalue weighted by Crippen LogP contribution is 2.38. The van der Waals surface area contributed by atoms with Crippen LogP contribution in [0.2, 0.25) is 0 Å². The summed E-state index contributed by atoms with van der Waals surface area (Å²) in [4.78, 5) is 11.7. The largest absolute Gasteiger partial charge is 0.325 e. The van der Waals surface area contributed by atoms with Crippen molar-refractivity contribution in [1.82, 2.24) is 0 Å². The zero-order valence-corrected chi connectivity index (χ0v) is 9.99. The van der Waals surface area contributed by atoms with Gasteiger partial charge in [0.1, 0.15) is 5.82 Å². The highest BCUT2D eigenvalue weighted by molar-refractivity contribution is 6.18. The predicted octanol–water partition coefficient (Wildman–Crippen LogP) is 2.84. The lowest BCUT2D eigenvalue weighted by atomic mass is 9.85. The van der Waals surface area contributed by atoms with Crippen molar-refractivity contribution in [2.45, 2.75) is 25.7 Å². The molecule has 0 atom stereocenters. The zero-order valence-electron chi connectivity index (χ0n) is 9.23. The van der Waals surface area contributed by atoms with E-state index in [1.807, 2.05) is 13.8 Å². The van der Waals surface area contributed by atoms with Gasteiger partial charge in [0.15, 0.2) is 0 Å². The first-order valence-corrected chi connectivity index (χ1v) is 5.70. The van der Waals surface area contributed by atoms with E-state index in [1.54, 1.807) is 6.07 Å². The molecule has 1 aliphatic rings. The third kappa shape index (κ3) is 1.59. The Morgan fingerprint density at radius 3 is 2.75 bits per heavy atom. The number of anilines is 1. The number of aryl methyl sites for hydroxylation is 1. The molecule has 86 valence electrons. The first-order chi connectivity index (χ1) is 7.46. The molecule has 0 saturated heterocycles. The molecular formula is C12H13ClFNO. The van der Waals surface area contributed by atoms with Crippen LogP contribution in [0.15, 0.2) is 12.1 Å². The monoisotopic (exact) mass is 241 g/mol. The topological polar surface area (TPSA) is 29.1 Å². The van der Waals surface area contributed by atoms with Crippen molar-refractivity contribution in [1.29, 1.82) is 0 Å². The summed E-state index contributed by atoms with van der Waals surface area (Å²) in [5.41, 5.74) is 1.40. The molecule has 0 radical (unpaired) electrons. The highest BCUT2D eigenvalue weighted by atomic mass is 35.5. The van der Waals surface area contributed by atoms with E-state index in [-0.39, 0.29) is 11.7 Å². The molecule has 1 aromatic carbocycles. The SMILES string of the molecule is CC1(C)C(=O)Nc2cc(F)c(CCCl)cc21. The normalized spacial score (nSPS) is 17.1. The molecule has 0 aliphatic carbocycles. The molecule has 2 rings (SSSR count). The second kappa shape index (κ2) is 3.74. The number of benzene rings is 1. The van der Waals surface area contributed by atoms with Gasteiger partial charge in [0, 0.05) is 11.6 Å². The Morgan fingerprint density at radius 2 is 2.12 bits per heavy atom. The smallest absolute Gasteiger partial charge is 0.234 e. The predicted molar refractivity (Wildman–Crippen MR) is 62.5 cm³/mol. The first-order valence-electron chi connectivity index (χ1n) is 5.17. The van der Waals surface area contributed by atoms with Gasteiger partial charge in [-0.3, -0.25) is 4.79 Å². The van der Waals surface area contributed by atoms with Gasteiger partial charge < -0.3 is 5.32 Å². The fraction of sp³-hybridized carbons (Fsp3) is 0.417. The van der Waals surface area contributed by atoms with E-state index in [0.717, 1.165) is 5.56 Å². The van der Waals surface area contributed by atoms with Gasteiger partial charge in [0.2, 0.25) is 5.91 Å². The second-order valence-corrected chi connectivity index (χ2v) is 4.89. The average molecular weight is 242 g/mol. The Morgan fingerprint density at radius 1 is 1.44 bits per heavy atom. The number of hydrogen-bond donors (Lipinski definition) is 1. The Bertz CT molecular complexity index is 457. The number of carbonyl (C=O) groups is 1. The van der Waals surface area contributed by atoms with E-state index in [1.165, 1.54) is 6.07 Å². The van der Waals surface area contributed by atoms with Gasteiger partial charge in [-0.1, -0.05) is 0 Å². The maximum Gasteiger partial charge on any atom is 0.234 e. The molecule has 2 nitrogen and oxygen atoms in total. The Balaban J connectivity index is 2.54. The number of carbonyl (C=O) groups excluding carboxylic acids is 1. The molecule has 1 aliphatic heterocycles. The number of nitrogens with one attached hydrogen (secondary N) is 1. The van der Waals surface area contributed by atoms with Crippen LogP contribution in [0.5, 0.6) is 0 Å². The minimum Gasteiger partial charge on any atom is -0.325 e. The van der Waals surface area contributed by atoms with Crippen molar-refractivity contribution in [3.05, 3.63) is 29.1 Å². The van der Waals surface area contributed by atoms with Crippen molar-refractivity contribution in [3.63, 3.8) is 0 Å². The van der Waals surface area contributed by atoms with Crippen LogP contribution in [0.1, 0.15) is 25.0 Å². The number of halogens is 2. The fourth-order valence-corrected chi connectivity index (χ4v) is 2.14. The van der Waals surface area contributed by atoms with E-state index >= 15 is 0 Å². The molecule has 0 spiro atoms. The van der Waals surface area contributed by atoms with Crippen LogP contribution in [-0.2, 0) is 16.6 Å². The van der Waals surface area contributed by atoms with Crippen molar-refractivity contribution < 1.29 is 9.18 Å². The fourth-order valence-electron chi connectivity index (χ4n) is 1.93. The molecule has 1 amide bonds. The molecular weight excluding hydrogens is 229 g/mol. The van der Waals surface area contributed by atoms with Crippen LogP contribution in [0.3, 0.4) is 0 Å². The molecule has 4 heteroatoms. The summed E-state index contributed by atoms with van der Waals surface area (Å²) in [6.45, 7) is 3.66. The van der Waals surface area contributed by atoms with Gasteiger partial charge in [-0.2, -0.15) is 0 Å². The van der Waals surface area contributed by atoms with Crippen LogP contribution >= 0.6 is 11.6 Å². The van der Waals surface area contributed by atoms with Crippen LogP contribution in [0.4, 0.5) is 10.1 Å². The molecule has 0 aromatic heterocycles. The summed E-state index contributed by atoms with van der Waals surface area (Å²) >= 11 is 5.61. The molecule has 0 unspecified atom stereocenters. The van der Waals surface area contributed by atoms with E-state index < -0.39 is 5.41 Å². The summed E-state index contributed by atoms with van der Waals surface area (Å²) in [7, 11) is 0. The summed E-state index contributed by atoms with van der Waals surface area (Å²) in [5.74, 6) is -0.0281. The van der Waals surface area contributed by atoms with Crippen LogP contribution in [0, 0.1) is 5.82 Å². The molecule has 16 heavy (non-hydrogen) atoms. The molecule has 0 fully saturated rings. The maximum atomic E-state index is 13.6. The van der Waals surface area contributed by atoms with E-state index in [2.05, 4.69) is 5.32 Å². The minimum absolute atomic E-state index is 0.0927. The second-order valence-electron chi connectivity index (χ2n) is 4.51. The Kier molecular flexibility index (Phi) is 2.66. The third-order valence-electron chi connectivity index (χ3n) is 3.04. The van der Waals surface area contributed by atoms with Crippen molar-refractivity contribution in [2.75, 3.05) is 11.2 Å². The number of amides is 1. The first kappa shape index (κ1) is 11.4.